The molecule has 3 rings (SSSR count). The molecule has 0 aliphatic carbocycles. The number of benzene rings is 2. The van der Waals surface area contributed by atoms with Crippen LogP contribution in [0.25, 0.3) is 0 Å². The van der Waals surface area contributed by atoms with Crippen LogP contribution in [0.2, 0.25) is 0 Å². The number of ether oxygens (including phenoxy) is 1. The number of esters is 1. The third kappa shape index (κ3) is 4.92. The molecule has 0 fully saturated rings. The SMILES string of the molecule is COC(=O)c1cccc(Nc2ccc(C(=O)NCc3ccccc3)cn2)c1. The average Bonchev–Trinajstić information content (AvgIpc) is 2.73. The van der Waals surface area contributed by atoms with Crippen molar-refractivity contribution in [2.24, 2.45) is 0 Å². The van der Waals surface area contributed by atoms with Gasteiger partial charge < -0.3 is 15.4 Å². The summed E-state index contributed by atoms with van der Waals surface area (Å²) in [7, 11) is 1.34. The van der Waals surface area contributed by atoms with Gasteiger partial charge in [-0.05, 0) is 35.9 Å². The van der Waals surface area contributed by atoms with Crippen molar-refractivity contribution in [3.05, 3.63) is 89.6 Å². The number of hydrogen-bond acceptors (Lipinski definition) is 5. The molecule has 2 N–H and O–H groups in total. The molecule has 0 aliphatic rings. The Morgan fingerprint density at radius 1 is 0.963 bits per heavy atom. The van der Waals surface area contributed by atoms with Crippen LogP contribution in [0.5, 0.6) is 0 Å². The maximum Gasteiger partial charge on any atom is 0.337 e. The van der Waals surface area contributed by atoms with Crippen molar-refractivity contribution < 1.29 is 14.3 Å². The van der Waals surface area contributed by atoms with Crippen molar-refractivity contribution in [3.8, 4) is 0 Å². The lowest BCUT2D eigenvalue weighted by atomic mass is 10.2. The number of amides is 1. The fraction of sp³-hybridized carbons (Fsp3) is 0.0952. The highest BCUT2D eigenvalue weighted by molar-refractivity contribution is 5.94. The quantitative estimate of drug-likeness (QED) is 0.657. The van der Waals surface area contributed by atoms with Crippen LogP contribution < -0.4 is 10.6 Å². The van der Waals surface area contributed by atoms with E-state index < -0.39 is 5.97 Å². The van der Waals surface area contributed by atoms with Crippen LogP contribution >= 0.6 is 0 Å². The Morgan fingerprint density at radius 3 is 2.48 bits per heavy atom. The normalized spacial score (nSPS) is 10.1. The number of carbonyl (C=O) groups excluding carboxylic acids is 2. The number of nitrogens with zero attached hydrogens (tertiary/aromatic N) is 1. The number of aromatic nitrogens is 1. The van der Waals surface area contributed by atoms with E-state index in [0.717, 1.165) is 5.56 Å². The molecule has 6 nitrogen and oxygen atoms in total. The average molecular weight is 361 g/mol. The van der Waals surface area contributed by atoms with Crippen molar-refractivity contribution in [2.75, 3.05) is 12.4 Å². The molecule has 2 aromatic carbocycles. The first-order valence-electron chi connectivity index (χ1n) is 8.39. The second kappa shape index (κ2) is 8.62. The van der Waals surface area contributed by atoms with Gasteiger partial charge in [-0.3, -0.25) is 4.79 Å². The summed E-state index contributed by atoms with van der Waals surface area (Å²) < 4.78 is 4.71. The zero-order valence-corrected chi connectivity index (χ0v) is 14.8. The summed E-state index contributed by atoms with van der Waals surface area (Å²) in [4.78, 5) is 28.1. The molecule has 6 heteroatoms. The number of anilines is 2. The van der Waals surface area contributed by atoms with Crippen molar-refractivity contribution in [2.45, 2.75) is 6.54 Å². The second-order valence-corrected chi connectivity index (χ2v) is 5.80. The third-order valence-electron chi connectivity index (χ3n) is 3.88. The molecule has 0 bridgehead atoms. The molecule has 0 spiro atoms. The largest absolute Gasteiger partial charge is 0.465 e. The Kier molecular flexibility index (Phi) is 5.79. The van der Waals surface area contributed by atoms with E-state index >= 15 is 0 Å². The van der Waals surface area contributed by atoms with Gasteiger partial charge in [-0.2, -0.15) is 0 Å². The Morgan fingerprint density at radius 2 is 1.78 bits per heavy atom. The molecular formula is C21H19N3O3. The minimum Gasteiger partial charge on any atom is -0.465 e. The fourth-order valence-electron chi connectivity index (χ4n) is 2.47. The molecule has 136 valence electrons. The molecule has 0 saturated heterocycles. The number of methoxy groups -OCH3 is 1. The van der Waals surface area contributed by atoms with E-state index in [4.69, 9.17) is 4.74 Å². The van der Waals surface area contributed by atoms with E-state index in [1.54, 1.807) is 30.3 Å². The van der Waals surface area contributed by atoms with Crippen molar-refractivity contribution >= 4 is 23.4 Å². The molecule has 3 aromatic rings. The summed E-state index contributed by atoms with van der Waals surface area (Å²) in [5.41, 5.74) is 2.65. The van der Waals surface area contributed by atoms with Crippen LogP contribution in [0.15, 0.2) is 72.9 Å². The van der Waals surface area contributed by atoms with Gasteiger partial charge in [0.2, 0.25) is 0 Å². The van der Waals surface area contributed by atoms with Gasteiger partial charge in [-0.1, -0.05) is 36.4 Å². The minimum absolute atomic E-state index is 0.189. The van der Waals surface area contributed by atoms with E-state index in [0.29, 0.717) is 29.2 Å². The number of pyridine rings is 1. The molecule has 1 amide bonds. The Hall–Kier alpha value is -3.67. The zero-order chi connectivity index (χ0) is 19.1. The van der Waals surface area contributed by atoms with Gasteiger partial charge in [-0.25, -0.2) is 9.78 Å². The van der Waals surface area contributed by atoms with E-state index in [1.165, 1.54) is 13.3 Å². The first-order chi connectivity index (χ1) is 13.2. The van der Waals surface area contributed by atoms with Gasteiger partial charge in [0, 0.05) is 18.4 Å². The summed E-state index contributed by atoms with van der Waals surface area (Å²) in [6.45, 7) is 0.458. The maximum atomic E-state index is 12.2. The molecule has 0 radical (unpaired) electrons. The molecule has 0 saturated carbocycles. The number of hydrogen-bond donors (Lipinski definition) is 2. The van der Waals surface area contributed by atoms with Crippen LogP contribution in [0, 0.1) is 0 Å². The predicted molar refractivity (Wildman–Crippen MR) is 103 cm³/mol. The summed E-state index contributed by atoms with van der Waals surface area (Å²) in [6.07, 6.45) is 1.51. The molecule has 27 heavy (non-hydrogen) atoms. The summed E-state index contributed by atoms with van der Waals surface area (Å²) in [5.74, 6) is -0.0285. The number of carbonyl (C=O) groups is 2. The lowest BCUT2D eigenvalue weighted by molar-refractivity contribution is 0.0600. The highest BCUT2D eigenvalue weighted by atomic mass is 16.5. The standard InChI is InChI=1S/C21H19N3O3/c1-27-21(26)16-8-5-9-18(12-16)24-19-11-10-17(14-22-19)20(25)23-13-15-6-3-2-4-7-15/h2-12,14H,13H2,1H3,(H,22,24)(H,23,25). The summed E-state index contributed by atoms with van der Waals surface area (Å²) in [5, 5.41) is 5.96. The van der Waals surface area contributed by atoms with Crippen molar-refractivity contribution in [1.29, 1.82) is 0 Å². The smallest absolute Gasteiger partial charge is 0.337 e. The topological polar surface area (TPSA) is 80.3 Å². The summed E-state index contributed by atoms with van der Waals surface area (Å²) >= 11 is 0. The molecule has 0 unspecified atom stereocenters. The minimum atomic E-state index is -0.406. The van der Waals surface area contributed by atoms with E-state index in [2.05, 4.69) is 15.6 Å². The lowest BCUT2D eigenvalue weighted by Gasteiger charge is -2.08. The van der Waals surface area contributed by atoms with E-state index in [9.17, 15) is 9.59 Å². The Balaban J connectivity index is 1.61. The van der Waals surface area contributed by atoms with Crippen LogP contribution in [-0.2, 0) is 11.3 Å². The Labute approximate surface area is 157 Å². The lowest BCUT2D eigenvalue weighted by Crippen LogP contribution is -2.22. The van der Waals surface area contributed by atoms with Gasteiger partial charge in [0.25, 0.3) is 5.91 Å². The highest BCUT2D eigenvalue weighted by Crippen LogP contribution is 2.17. The van der Waals surface area contributed by atoms with Gasteiger partial charge in [0.1, 0.15) is 5.82 Å². The van der Waals surface area contributed by atoms with Gasteiger partial charge in [0.15, 0.2) is 0 Å². The zero-order valence-electron chi connectivity index (χ0n) is 14.8. The third-order valence-corrected chi connectivity index (χ3v) is 3.88. The van der Waals surface area contributed by atoms with Crippen molar-refractivity contribution in [3.63, 3.8) is 0 Å². The van der Waals surface area contributed by atoms with Gasteiger partial charge in [-0.15, -0.1) is 0 Å². The van der Waals surface area contributed by atoms with E-state index in [1.807, 2.05) is 36.4 Å². The number of nitrogens with one attached hydrogen (secondary N) is 2. The fourth-order valence-corrected chi connectivity index (χ4v) is 2.47. The molecular weight excluding hydrogens is 342 g/mol. The van der Waals surface area contributed by atoms with Crippen LogP contribution in [0.4, 0.5) is 11.5 Å². The monoisotopic (exact) mass is 361 g/mol. The predicted octanol–water partition coefficient (Wildman–Crippen LogP) is 3.54. The molecule has 0 atom stereocenters. The second-order valence-electron chi connectivity index (χ2n) is 5.80. The maximum absolute atomic E-state index is 12.2. The van der Waals surface area contributed by atoms with Crippen LogP contribution in [0.1, 0.15) is 26.3 Å². The first kappa shape index (κ1) is 18.1. The Bertz CT molecular complexity index is 925. The molecule has 1 aromatic heterocycles. The number of rotatable bonds is 6. The van der Waals surface area contributed by atoms with E-state index in [-0.39, 0.29) is 5.91 Å². The molecule has 1 heterocycles. The van der Waals surface area contributed by atoms with Crippen LogP contribution in [-0.4, -0.2) is 24.0 Å². The van der Waals surface area contributed by atoms with Crippen molar-refractivity contribution in [1.82, 2.24) is 10.3 Å². The van der Waals surface area contributed by atoms with Gasteiger partial charge >= 0.3 is 5.97 Å². The van der Waals surface area contributed by atoms with Gasteiger partial charge in [0.05, 0.1) is 18.2 Å². The first-order valence-corrected chi connectivity index (χ1v) is 8.39. The summed E-state index contributed by atoms with van der Waals surface area (Å²) in [6, 6.07) is 20.0. The van der Waals surface area contributed by atoms with Crippen LogP contribution in [0.3, 0.4) is 0 Å². The highest BCUT2D eigenvalue weighted by Gasteiger charge is 2.08. The molecule has 0 aliphatic heterocycles.